The molecule has 0 saturated carbocycles. The first kappa shape index (κ1) is 48.4. The van der Waals surface area contributed by atoms with Gasteiger partial charge in [-0.2, -0.15) is 0 Å². The van der Waals surface area contributed by atoms with Crippen LogP contribution in [-0.2, 0) is 66.7 Å². The van der Waals surface area contributed by atoms with Crippen LogP contribution in [0.25, 0.3) is 21.9 Å². The van der Waals surface area contributed by atoms with Gasteiger partial charge in [0.1, 0.15) is 36.5 Å². The van der Waals surface area contributed by atoms with Crippen molar-refractivity contribution < 1.29 is 71.1 Å². The molecular formula is C46H40N4O19. The second-order valence-corrected chi connectivity index (χ2v) is 15.4. The Bertz CT molecular complexity index is 3080. The van der Waals surface area contributed by atoms with Gasteiger partial charge in [-0.25, -0.2) is 9.59 Å². The van der Waals surface area contributed by atoms with Crippen molar-refractivity contribution in [3.8, 4) is 23.7 Å². The lowest BCUT2D eigenvalue weighted by Gasteiger charge is -2.23. The van der Waals surface area contributed by atoms with E-state index in [2.05, 4.69) is 33.6 Å². The third-order valence-electron chi connectivity index (χ3n) is 10.4. The summed E-state index contributed by atoms with van der Waals surface area (Å²) in [5, 5.41) is 1.15. The van der Waals surface area contributed by atoms with E-state index in [0.717, 1.165) is 63.1 Å². The number of carbonyl (C=O) groups is 6. The molecule has 23 heteroatoms. The zero-order chi connectivity index (χ0) is 49.8. The molecule has 2 fully saturated rings. The number of esters is 6. The Morgan fingerprint density at radius 3 is 1.20 bits per heavy atom. The van der Waals surface area contributed by atoms with Gasteiger partial charge in [0.05, 0.1) is 11.1 Å². The number of para-hydroxylation sites is 2. The minimum atomic E-state index is -1.49. The van der Waals surface area contributed by atoms with Crippen molar-refractivity contribution in [1.29, 1.82) is 0 Å². The van der Waals surface area contributed by atoms with Gasteiger partial charge in [-0.05, 0) is 12.1 Å². The standard InChI is InChI=1S/C46H40N4O19/c1-21(51)61-19-33-37(63-23(3)53)39(65-25(5)55)43(67-33)49-17-29(41(57)47-45(49)59)15-13-27-9-7-11-31-32-12-8-10-28(36(32)69-35(27)31)14-16-30-18-50(46(60)48-42(30)58)44-40(66-26(6)56)38(64-24(4)54)34(68-44)20-62-22(2)52/h7-12,17-18,33-34,37-40,43-44H,19-20H2,1-6H3,(H,47,57,59)(H,48,58,60)/t33-,34-,37-,38-,39-,40-,43-,44-/m1/s1. The topological polar surface area (TPSA) is 299 Å². The molecule has 2 saturated heterocycles. The summed E-state index contributed by atoms with van der Waals surface area (Å²) in [4.78, 5) is 129. The number of ether oxygens (including phenoxy) is 8. The second kappa shape index (κ2) is 20.1. The number of hydrogen-bond donors (Lipinski definition) is 2. The maximum Gasteiger partial charge on any atom is 0.330 e. The number of carbonyl (C=O) groups excluding carboxylic acids is 6. The molecule has 0 spiro atoms. The number of fused-ring (bicyclic) bond motifs is 3. The summed E-state index contributed by atoms with van der Waals surface area (Å²) in [6.07, 6.45) is -8.74. The van der Waals surface area contributed by atoms with E-state index in [1.807, 2.05) is 0 Å². The van der Waals surface area contributed by atoms with E-state index < -0.39 is 121 Å². The van der Waals surface area contributed by atoms with Gasteiger partial charge in [0.2, 0.25) is 0 Å². The van der Waals surface area contributed by atoms with Crippen molar-refractivity contribution in [3.63, 3.8) is 0 Å². The minimum absolute atomic E-state index is 0.248. The predicted molar refractivity (Wildman–Crippen MR) is 232 cm³/mol. The van der Waals surface area contributed by atoms with Crippen LogP contribution in [-0.4, -0.2) is 105 Å². The van der Waals surface area contributed by atoms with Gasteiger partial charge in [-0.3, -0.25) is 57.5 Å². The Balaban J connectivity index is 1.24. The zero-order valence-electron chi connectivity index (χ0n) is 37.3. The van der Waals surface area contributed by atoms with Crippen molar-refractivity contribution in [3.05, 3.63) is 113 Å². The van der Waals surface area contributed by atoms with Crippen molar-refractivity contribution in [2.75, 3.05) is 13.2 Å². The molecule has 2 aliphatic heterocycles. The third kappa shape index (κ3) is 10.7. The number of nitrogens with one attached hydrogen (secondary N) is 2. The van der Waals surface area contributed by atoms with Crippen LogP contribution in [0.5, 0.6) is 0 Å². The van der Waals surface area contributed by atoms with Crippen LogP contribution in [0.3, 0.4) is 0 Å². The Morgan fingerprint density at radius 1 is 0.507 bits per heavy atom. The molecule has 0 amide bonds. The maximum absolute atomic E-state index is 13.2. The fourth-order valence-corrected chi connectivity index (χ4v) is 7.65. The van der Waals surface area contributed by atoms with Crippen LogP contribution in [0, 0.1) is 23.7 Å². The number of aromatic nitrogens is 4. The molecule has 7 rings (SSSR count). The number of aromatic amines is 2. The van der Waals surface area contributed by atoms with Crippen LogP contribution in [0.2, 0.25) is 0 Å². The molecule has 2 aromatic carbocycles. The number of nitrogens with zero attached hydrogens (tertiary/aromatic N) is 2. The Kier molecular flexibility index (Phi) is 14.1. The van der Waals surface area contributed by atoms with E-state index in [1.54, 1.807) is 36.4 Å². The van der Waals surface area contributed by atoms with Crippen molar-refractivity contribution in [2.24, 2.45) is 0 Å². The Morgan fingerprint density at radius 2 is 0.855 bits per heavy atom. The Hall–Kier alpha value is -8.54. The summed E-state index contributed by atoms with van der Waals surface area (Å²) in [6, 6.07) is 10.1. The molecule has 3 aromatic heterocycles. The van der Waals surface area contributed by atoms with Gasteiger partial charge in [-0.15, -0.1) is 0 Å². The Labute approximate surface area is 387 Å². The molecule has 2 aliphatic rings. The number of rotatable bonds is 10. The number of H-pyrrole nitrogens is 2. The van der Waals surface area contributed by atoms with Gasteiger partial charge in [0, 0.05) is 64.7 Å². The predicted octanol–water partition coefficient (Wildman–Crippen LogP) is 0.733. The lowest BCUT2D eigenvalue weighted by Crippen LogP contribution is -2.42. The molecular weight excluding hydrogens is 913 g/mol. The monoisotopic (exact) mass is 952 g/mol. The number of benzene rings is 2. The summed E-state index contributed by atoms with van der Waals surface area (Å²) >= 11 is 0. The first-order valence-electron chi connectivity index (χ1n) is 20.7. The zero-order valence-corrected chi connectivity index (χ0v) is 37.3. The quantitative estimate of drug-likeness (QED) is 0.111. The molecule has 0 aliphatic carbocycles. The SMILES string of the molecule is CC(=O)OC[C@H]1O[C@@H](n2cc(C#Cc3cccc4c3oc3c(C#Cc5cn([C@@H]6O[C@H](COC(C)=O)[C@@H](OC(C)=O)[C@H]6OC(C)=O)c(=O)[nH]c5=O)cccc34)c(=O)[nH]c2=O)[C@H](OC(C)=O)[C@@H]1OC(C)=O. The molecule has 69 heavy (non-hydrogen) atoms. The smallest absolute Gasteiger partial charge is 0.330 e. The average Bonchev–Trinajstić information content (AvgIpc) is 3.92. The van der Waals surface area contributed by atoms with Crippen LogP contribution in [0.1, 0.15) is 76.3 Å². The number of hydrogen-bond acceptors (Lipinski definition) is 19. The number of furan rings is 1. The summed E-state index contributed by atoms with van der Waals surface area (Å²) in [5.41, 5.74) is -3.16. The van der Waals surface area contributed by atoms with Gasteiger partial charge in [-0.1, -0.05) is 47.9 Å². The largest absolute Gasteiger partial charge is 0.463 e. The van der Waals surface area contributed by atoms with Crippen molar-refractivity contribution >= 4 is 57.8 Å². The van der Waals surface area contributed by atoms with Gasteiger partial charge in [0.15, 0.2) is 48.0 Å². The third-order valence-corrected chi connectivity index (χ3v) is 10.4. The first-order chi connectivity index (χ1) is 32.8. The fraction of sp³-hybridized carbons (Fsp3) is 0.348. The molecule has 0 radical (unpaired) electrons. The highest BCUT2D eigenvalue weighted by molar-refractivity contribution is 6.08. The summed E-state index contributed by atoms with van der Waals surface area (Å²) in [6.45, 7) is 5.76. The lowest BCUT2D eigenvalue weighted by atomic mass is 10.1. The minimum Gasteiger partial charge on any atom is -0.463 e. The van der Waals surface area contributed by atoms with Crippen LogP contribution in [0.15, 0.2) is 72.4 Å². The molecule has 2 N–H and O–H groups in total. The van der Waals surface area contributed by atoms with E-state index in [4.69, 9.17) is 42.3 Å². The molecule has 23 nitrogen and oxygen atoms in total. The van der Waals surface area contributed by atoms with Gasteiger partial charge in [0.25, 0.3) is 11.1 Å². The highest BCUT2D eigenvalue weighted by Gasteiger charge is 2.52. The highest BCUT2D eigenvalue weighted by Crippen LogP contribution is 2.36. The van der Waals surface area contributed by atoms with E-state index in [-0.39, 0.29) is 33.4 Å². The van der Waals surface area contributed by atoms with Crippen molar-refractivity contribution in [1.82, 2.24) is 19.1 Å². The second-order valence-electron chi connectivity index (χ2n) is 15.4. The molecule has 0 unspecified atom stereocenters. The molecule has 358 valence electrons. The van der Waals surface area contributed by atoms with Crippen molar-refractivity contribution in [2.45, 2.75) is 90.6 Å². The summed E-state index contributed by atoms with van der Waals surface area (Å²) in [7, 11) is 0. The lowest BCUT2D eigenvalue weighted by molar-refractivity contribution is -0.166. The fourth-order valence-electron chi connectivity index (χ4n) is 7.65. The van der Waals surface area contributed by atoms with E-state index in [9.17, 15) is 47.9 Å². The molecule has 8 atom stereocenters. The van der Waals surface area contributed by atoms with Crippen LogP contribution in [0.4, 0.5) is 0 Å². The van der Waals surface area contributed by atoms with Crippen LogP contribution < -0.4 is 22.5 Å². The molecule has 5 aromatic rings. The molecule has 0 bridgehead atoms. The van der Waals surface area contributed by atoms with E-state index in [0.29, 0.717) is 10.8 Å². The van der Waals surface area contributed by atoms with Gasteiger partial charge < -0.3 is 42.3 Å². The summed E-state index contributed by atoms with van der Waals surface area (Å²) in [5.74, 6) is 6.67. The highest BCUT2D eigenvalue weighted by atomic mass is 16.7. The average molecular weight is 953 g/mol. The first-order valence-corrected chi connectivity index (χ1v) is 20.7. The molecule has 5 heterocycles. The normalized spacial score (nSPS) is 21.5. The summed E-state index contributed by atoms with van der Waals surface area (Å²) < 4.78 is 51.7. The van der Waals surface area contributed by atoms with E-state index in [1.165, 1.54) is 0 Å². The maximum atomic E-state index is 13.2. The van der Waals surface area contributed by atoms with Gasteiger partial charge >= 0.3 is 47.2 Å². The van der Waals surface area contributed by atoms with Crippen LogP contribution >= 0.6 is 0 Å². The van der Waals surface area contributed by atoms with E-state index >= 15 is 0 Å².